The van der Waals surface area contributed by atoms with E-state index in [2.05, 4.69) is 4.98 Å². The third-order valence-electron chi connectivity index (χ3n) is 2.96. The third kappa shape index (κ3) is 3.41. The van der Waals surface area contributed by atoms with Crippen molar-refractivity contribution in [2.45, 2.75) is 26.1 Å². The number of benzene rings is 1. The Balaban J connectivity index is 2.47. The van der Waals surface area contributed by atoms with Gasteiger partial charge in [-0.1, -0.05) is 23.7 Å². The van der Waals surface area contributed by atoms with Crippen molar-refractivity contribution in [1.82, 2.24) is 9.55 Å². The summed E-state index contributed by atoms with van der Waals surface area (Å²) >= 11 is 5.79. The Morgan fingerprint density at radius 3 is 2.36 bits per heavy atom. The Bertz CT molecular complexity index is 678. The van der Waals surface area contributed by atoms with Gasteiger partial charge in [-0.25, -0.2) is 4.98 Å². The van der Waals surface area contributed by atoms with Crippen molar-refractivity contribution in [3.8, 4) is 11.3 Å². The van der Waals surface area contributed by atoms with E-state index >= 15 is 0 Å². The molecule has 0 fully saturated rings. The van der Waals surface area contributed by atoms with Crippen LogP contribution < -0.4 is 5.32 Å². The molecule has 1 amide bonds. The molecule has 22 heavy (non-hydrogen) atoms. The van der Waals surface area contributed by atoms with Gasteiger partial charge in [0.2, 0.25) is 0 Å². The zero-order valence-corrected chi connectivity index (χ0v) is 12.5. The summed E-state index contributed by atoms with van der Waals surface area (Å²) in [6.07, 6.45) is -3.58. The smallest absolute Gasteiger partial charge is 0.314 e. The fourth-order valence-corrected chi connectivity index (χ4v) is 2.00. The van der Waals surface area contributed by atoms with Crippen LogP contribution in [0.15, 0.2) is 30.6 Å². The zero-order valence-electron chi connectivity index (χ0n) is 11.8. The summed E-state index contributed by atoms with van der Waals surface area (Å²) in [5, 5.41) is 2.39. The molecular formula is C14H13ClF3N3O. The van der Waals surface area contributed by atoms with Crippen molar-refractivity contribution >= 4 is 23.3 Å². The summed E-state index contributed by atoms with van der Waals surface area (Å²) < 4.78 is 39.0. The van der Waals surface area contributed by atoms with Crippen LogP contribution in [0.1, 0.15) is 19.9 Å². The molecule has 1 aromatic carbocycles. The topological polar surface area (TPSA) is 46.9 Å². The van der Waals surface area contributed by atoms with Crippen molar-refractivity contribution in [1.29, 1.82) is 0 Å². The minimum absolute atomic E-state index is 0.000326. The maximum Gasteiger partial charge on any atom is 0.471 e. The Hall–Kier alpha value is -2.02. The lowest BCUT2D eigenvalue weighted by Crippen LogP contribution is -2.31. The molecule has 1 N–H and O–H groups in total. The standard InChI is InChI=1S/C14H13ClF3N3O/c1-8(2)21-7-19-11(9-3-5-10(15)6-4-9)12(21)20-13(22)14(16,17)18/h3-8H,1-2H3,(H,20,22). The Labute approximate surface area is 129 Å². The number of anilines is 1. The number of rotatable bonds is 3. The van der Waals surface area contributed by atoms with E-state index in [4.69, 9.17) is 11.6 Å². The Morgan fingerprint density at radius 1 is 1.27 bits per heavy atom. The second-order valence-corrected chi connectivity index (χ2v) is 5.34. The highest BCUT2D eigenvalue weighted by Crippen LogP contribution is 2.31. The van der Waals surface area contributed by atoms with E-state index in [9.17, 15) is 18.0 Å². The summed E-state index contributed by atoms with van der Waals surface area (Å²) in [5.74, 6) is -2.04. The van der Waals surface area contributed by atoms with Gasteiger partial charge in [-0.05, 0) is 26.0 Å². The molecule has 1 heterocycles. The number of hydrogen-bond acceptors (Lipinski definition) is 2. The van der Waals surface area contributed by atoms with E-state index in [0.29, 0.717) is 10.6 Å². The summed E-state index contributed by atoms with van der Waals surface area (Å²) in [4.78, 5) is 15.4. The van der Waals surface area contributed by atoms with Gasteiger partial charge < -0.3 is 9.88 Å². The van der Waals surface area contributed by atoms with Crippen molar-refractivity contribution in [2.24, 2.45) is 0 Å². The maximum atomic E-state index is 12.5. The lowest BCUT2D eigenvalue weighted by atomic mass is 10.1. The molecule has 0 bridgehead atoms. The summed E-state index contributed by atoms with van der Waals surface area (Å²) in [6.45, 7) is 3.55. The summed E-state index contributed by atoms with van der Waals surface area (Å²) in [7, 11) is 0. The number of nitrogens with zero attached hydrogens (tertiary/aromatic N) is 2. The van der Waals surface area contributed by atoms with Gasteiger partial charge in [-0.2, -0.15) is 13.2 Å². The Morgan fingerprint density at radius 2 is 1.86 bits per heavy atom. The van der Waals surface area contributed by atoms with Crippen LogP contribution >= 0.6 is 11.6 Å². The van der Waals surface area contributed by atoms with Gasteiger partial charge in [0.25, 0.3) is 0 Å². The Kier molecular flexibility index (Phi) is 4.46. The highest BCUT2D eigenvalue weighted by Gasteiger charge is 2.39. The van der Waals surface area contributed by atoms with E-state index in [-0.39, 0.29) is 17.6 Å². The van der Waals surface area contributed by atoms with E-state index in [1.54, 1.807) is 38.1 Å². The van der Waals surface area contributed by atoms with E-state index in [1.165, 1.54) is 10.9 Å². The monoisotopic (exact) mass is 331 g/mol. The molecule has 4 nitrogen and oxygen atoms in total. The molecule has 0 aliphatic rings. The first kappa shape index (κ1) is 16.4. The maximum absolute atomic E-state index is 12.5. The van der Waals surface area contributed by atoms with Crippen molar-refractivity contribution < 1.29 is 18.0 Å². The minimum atomic E-state index is -4.97. The van der Waals surface area contributed by atoms with Gasteiger partial charge in [0, 0.05) is 16.6 Å². The third-order valence-corrected chi connectivity index (χ3v) is 3.21. The number of amides is 1. The second kappa shape index (κ2) is 6.00. The minimum Gasteiger partial charge on any atom is -0.314 e. The molecule has 1 aromatic heterocycles. The zero-order chi connectivity index (χ0) is 16.5. The van der Waals surface area contributed by atoms with Gasteiger partial charge in [0.1, 0.15) is 11.5 Å². The first-order valence-corrected chi connectivity index (χ1v) is 6.79. The van der Waals surface area contributed by atoms with Crippen LogP contribution in [0.25, 0.3) is 11.3 Å². The highest BCUT2D eigenvalue weighted by atomic mass is 35.5. The van der Waals surface area contributed by atoms with Crippen molar-refractivity contribution in [3.05, 3.63) is 35.6 Å². The molecular weight excluding hydrogens is 319 g/mol. The van der Waals surface area contributed by atoms with Gasteiger partial charge >= 0.3 is 12.1 Å². The molecule has 0 saturated heterocycles. The highest BCUT2D eigenvalue weighted by molar-refractivity contribution is 6.30. The van der Waals surface area contributed by atoms with Crippen LogP contribution in [0.2, 0.25) is 5.02 Å². The van der Waals surface area contributed by atoms with Crippen LogP contribution in [0.4, 0.5) is 19.0 Å². The van der Waals surface area contributed by atoms with Gasteiger partial charge in [-0.15, -0.1) is 0 Å². The molecule has 118 valence electrons. The predicted molar refractivity (Wildman–Crippen MR) is 77.7 cm³/mol. The van der Waals surface area contributed by atoms with Crippen molar-refractivity contribution in [2.75, 3.05) is 5.32 Å². The number of nitrogens with one attached hydrogen (secondary N) is 1. The molecule has 2 aromatic rings. The van der Waals surface area contributed by atoms with Crippen molar-refractivity contribution in [3.63, 3.8) is 0 Å². The average Bonchev–Trinajstić information content (AvgIpc) is 2.82. The molecule has 0 unspecified atom stereocenters. The van der Waals surface area contributed by atoms with E-state index in [0.717, 1.165) is 0 Å². The number of carbonyl (C=O) groups excluding carboxylic acids is 1. The molecule has 0 aliphatic heterocycles. The predicted octanol–water partition coefficient (Wildman–Crippen LogP) is 4.29. The molecule has 2 rings (SSSR count). The quantitative estimate of drug-likeness (QED) is 0.912. The number of imidazole rings is 1. The number of hydrogen-bond donors (Lipinski definition) is 1. The number of carbonyl (C=O) groups is 1. The first-order chi connectivity index (χ1) is 10.2. The molecule has 0 spiro atoms. The number of aromatic nitrogens is 2. The van der Waals surface area contributed by atoms with Crippen LogP contribution in [-0.2, 0) is 4.79 Å². The summed E-state index contributed by atoms with van der Waals surface area (Å²) in [5.41, 5.74) is 0.809. The van der Waals surface area contributed by atoms with Gasteiger partial charge in [0.05, 0.1) is 6.33 Å². The van der Waals surface area contributed by atoms with E-state index < -0.39 is 12.1 Å². The van der Waals surface area contributed by atoms with Crippen LogP contribution in [0.5, 0.6) is 0 Å². The fourth-order valence-electron chi connectivity index (χ4n) is 1.87. The molecule has 0 radical (unpaired) electrons. The van der Waals surface area contributed by atoms with Crippen LogP contribution in [0.3, 0.4) is 0 Å². The fraction of sp³-hybridized carbons (Fsp3) is 0.286. The molecule has 0 atom stereocenters. The van der Waals surface area contributed by atoms with Crippen LogP contribution in [0, 0.1) is 0 Å². The normalized spacial score (nSPS) is 11.8. The lowest BCUT2D eigenvalue weighted by molar-refractivity contribution is -0.167. The number of alkyl halides is 3. The molecule has 8 heteroatoms. The van der Waals surface area contributed by atoms with Gasteiger partial charge in [0.15, 0.2) is 0 Å². The average molecular weight is 332 g/mol. The lowest BCUT2D eigenvalue weighted by Gasteiger charge is -2.15. The van der Waals surface area contributed by atoms with Crippen LogP contribution in [-0.4, -0.2) is 21.6 Å². The molecule has 0 aliphatic carbocycles. The molecule has 0 saturated carbocycles. The second-order valence-electron chi connectivity index (χ2n) is 4.90. The SMILES string of the molecule is CC(C)n1cnc(-c2ccc(Cl)cc2)c1NC(=O)C(F)(F)F. The first-order valence-electron chi connectivity index (χ1n) is 6.41. The number of halogens is 4. The van der Waals surface area contributed by atoms with Gasteiger partial charge in [-0.3, -0.25) is 4.79 Å². The largest absolute Gasteiger partial charge is 0.471 e. The summed E-state index contributed by atoms with van der Waals surface area (Å²) in [6, 6.07) is 6.27. The van der Waals surface area contributed by atoms with E-state index in [1.807, 2.05) is 5.32 Å².